The Balaban J connectivity index is 2.12. The number of aryl methyl sites for hydroxylation is 2. The van der Waals surface area contributed by atoms with Crippen molar-refractivity contribution >= 4 is 17.5 Å². The molecule has 1 atom stereocenters. The monoisotopic (exact) mass is 276 g/mol. The fraction of sp³-hybridized carbons (Fsp3) is 0.333. The average Bonchev–Trinajstić information content (AvgIpc) is 2.70. The van der Waals surface area contributed by atoms with Gasteiger partial charge in [0.05, 0.1) is 5.69 Å². The predicted octanol–water partition coefficient (Wildman–Crippen LogP) is 3.79. The minimum Gasteiger partial charge on any atom is -0.267 e. The lowest BCUT2D eigenvalue weighted by molar-refractivity contribution is 0.0951. The Labute approximate surface area is 118 Å². The summed E-state index contributed by atoms with van der Waals surface area (Å²) in [4.78, 5) is 12.0. The zero-order valence-corrected chi connectivity index (χ0v) is 12.1. The summed E-state index contributed by atoms with van der Waals surface area (Å²) in [5.41, 5.74) is 2.80. The van der Waals surface area contributed by atoms with E-state index in [1.807, 2.05) is 38.1 Å². The van der Waals surface area contributed by atoms with E-state index in [-0.39, 0.29) is 5.91 Å². The summed E-state index contributed by atoms with van der Waals surface area (Å²) in [6.07, 6.45) is 8.10. The first kappa shape index (κ1) is 13.8. The zero-order valence-electron chi connectivity index (χ0n) is 11.4. The lowest BCUT2D eigenvalue weighted by Gasteiger charge is -2.14. The molecule has 1 aromatic heterocycles. The summed E-state index contributed by atoms with van der Waals surface area (Å²) in [5, 5.41) is 5.03. The molecule has 0 radical (unpaired) electrons. The maximum Gasteiger partial charge on any atom is 0.271 e. The molecule has 1 heterocycles. The molecule has 0 spiro atoms. The van der Waals surface area contributed by atoms with Crippen LogP contribution in [0.25, 0.3) is 0 Å². The molecule has 3 nitrogen and oxygen atoms in total. The van der Waals surface area contributed by atoms with Gasteiger partial charge in [-0.3, -0.25) is 4.79 Å². The second-order valence-electron chi connectivity index (χ2n) is 4.91. The number of halogens is 1. The van der Waals surface area contributed by atoms with Crippen LogP contribution in [-0.2, 0) is 0 Å². The van der Waals surface area contributed by atoms with Crippen molar-refractivity contribution in [3.63, 3.8) is 0 Å². The van der Waals surface area contributed by atoms with Gasteiger partial charge in [-0.05, 0) is 43.9 Å². The highest BCUT2D eigenvalue weighted by Crippen LogP contribution is 2.27. The van der Waals surface area contributed by atoms with E-state index in [1.54, 1.807) is 6.08 Å². The van der Waals surface area contributed by atoms with Crippen molar-refractivity contribution in [2.75, 3.05) is 0 Å². The molecule has 100 valence electrons. The number of allylic oxidation sites excluding steroid dienone is 6. The van der Waals surface area contributed by atoms with Crippen molar-refractivity contribution in [1.29, 1.82) is 0 Å². The molecule has 1 aliphatic carbocycles. The van der Waals surface area contributed by atoms with Crippen LogP contribution in [-0.4, -0.2) is 15.7 Å². The lowest BCUT2D eigenvalue weighted by atomic mass is 9.95. The van der Waals surface area contributed by atoms with Crippen molar-refractivity contribution in [3.8, 4) is 0 Å². The van der Waals surface area contributed by atoms with Gasteiger partial charge in [0.2, 0.25) is 0 Å². The lowest BCUT2D eigenvalue weighted by Crippen LogP contribution is -2.11. The van der Waals surface area contributed by atoms with Gasteiger partial charge < -0.3 is 0 Å². The Hall–Kier alpha value is -1.61. The Morgan fingerprint density at radius 2 is 2.21 bits per heavy atom. The fourth-order valence-electron chi connectivity index (χ4n) is 2.09. The fourth-order valence-corrected chi connectivity index (χ4v) is 2.23. The Bertz CT molecular complexity index is 593. The van der Waals surface area contributed by atoms with E-state index in [0.717, 1.165) is 28.4 Å². The standard InChI is InChI=1S/C15H17ClN2O/c1-10-8-13(4-6-14(10)16)5-7-15(19)18-12(3)9-11(2)17-18/h4-7,9-10H,8H2,1-3H3/b7-5+/t10-/m1/s1. The third-order valence-electron chi connectivity index (χ3n) is 3.13. The van der Waals surface area contributed by atoms with E-state index in [9.17, 15) is 4.79 Å². The SMILES string of the molecule is Cc1cc(C)n(C(=O)/C=C/C2=CC=C(Cl)[C@H](C)C2)n1. The van der Waals surface area contributed by atoms with Gasteiger partial charge in [0.15, 0.2) is 0 Å². The molecule has 0 saturated carbocycles. The highest BCUT2D eigenvalue weighted by Gasteiger charge is 2.12. The van der Waals surface area contributed by atoms with Crippen molar-refractivity contribution in [1.82, 2.24) is 9.78 Å². The van der Waals surface area contributed by atoms with Crippen LogP contribution in [0.3, 0.4) is 0 Å². The zero-order chi connectivity index (χ0) is 14.0. The summed E-state index contributed by atoms with van der Waals surface area (Å²) < 4.78 is 1.42. The van der Waals surface area contributed by atoms with Crippen LogP contribution in [0.5, 0.6) is 0 Å². The molecule has 0 bridgehead atoms. The topological polar surface area (TPSA) is 34.9 Å². The number of hydrogen-bond acceptors (Lipinski definition) is 2. The highest BCUT2D eigenvalue weighted by atomic mass is 35.5. The summed E-state index contributed by atoms with van der Waals surface area (Å²) in [5.74, 6) is 0.190. The van der Waals surface area contributed by atoms with Crippen LogP contribution in [0.15, 0.2) is 41.0 Å². The van der Waals surface area contributed by atoms with E-state index in [2.05, 4.69) is 12.0 Å². The first-order chi connectivity index (χ1) is 8.97. The molecule has 0 amide bonds. The molecule has 4 heteroatoms. The smallest absolute Gasteiger partial charge is 0.267 e. The van der Waals surface area contributed by atoms with Gasteiger partial charge in [0.25, 0.3) is 5.91 Å². The predicted molar refractivity (Wildman–Crippen MR) is 77.3 cm³/mol. The van der Waals surface area contributed by atoms with Gasteiger partial charge in [-0.15, -0.1) is 0 Å². The van der Waals surface area contributed by atoms with Crippen molar-refractivity contribution in [2.24, 2.45) is 5.92 Å². The number of aromatic nitrogens is 2. The normalized spacial score (nSPS) is 19.5. The van der Waals surface area contributed by atoms with Crippen LogP contribution in [0, 0.1) is 19.8 Å². The van der Waals surface area contributed by atoms with Crippen molar-refractivity contribution < 1.29 is 4.79 Å². The van der Waals surface area contributed by atoms with E-state index >= 15 is 0 Å². The van der Waals surface area contributed by atoms with E-state index in [1.165, 1.54) is 4.68 Å². The maximum absolute atomic E-state index is 12.0. The summed E-state index contributed by atoms with van der Waals surface area (Å²) in [6.45, 7) is 5.82. The van der Waals surface area contributed by atoms with E-state index < -0.39 is 0 Å². The highest BCUT2D eigenvalue weighted by molar-refractivity contribution is 6.30. The van der Waals surface area contributed by atoms with Gasteiger partial charge in [-0.1, -0.05) is 30.7 Å². The third-order valence-corrected chi connectivity index (χ3v) is 3.63. The third kappa shape index (κ3) is 3.24. The molecule has 0 fully saturated rings. The largest absolute Gasteiger partial charge is 0.271 e. The molecule has 2 rings (SSSR count). The number of hydrogen-bond donors (Lipinski definition) is 0. The van der Waals surface area contributed by atoms with E-state index in [0.29, 0.717) is 5.92 Å². The molecule has 0 unspecified atom stereocenters. The average molecular weight is 277 g/mol. The molecule has 0 aromatic carbocycles. The Kier molecular flexibility index (Phi) is 4.05. The number of nitrogens with zero attached hydrogens (tertiary/aromatic N) is 2. The molecular weight excluding hydrogens is 260 g/mol. The Morgan fingerprint density at radius 1 is 1.47 bits per heavy atom. The quantitative estimate of drug-likeness (QED) is 0.771. The van der Waals surface area contributed by atoms with Crippen LogP contribution >= 0.6 is 11.6 Å². The molecule has 1 aliphatic rings. The molecule has 19 heavy (non-hydrogen) atoms. The summed E-state index contributed by atoms with van der Waals surface area (Å²) in [6, 6.07) is 1.89. The maximum atomic E-state index is 12.0. The van der Waals surface area contributed by atoms with Gasteiger partial charge in [-0.2, -0.15) is 5.10 Å². The van der Waals surface area contributed by atoms with Gasteiger partial charge >= 0.3 is 0 Å². The van der Waals surface area contributed by atoms with Crippen LogP contribution in [0.4, 0.5) is 0 Å². The molecule has 0 saturated heterocycles. The van der Waals surface area contributed by atoms with Crippen LogP contribution < -0.4 is 0 Å². The molecule has 0 aliphatic heterocycles. The molecule has 1 aromatic rings. The van der Waals surface area contributed by atoms with Crippen LogP contribution in [0.2, 0.25) is 0 Å². The van der Waals surface area contributed by atoms with Gasteiger partial charge in [0, 0.05) is 16.8 Å². The number of carbonyl (C=O) groups is 1. The number of rotatable bonds is 2. The minimum atomic E-state index is -0.125. The van der Waals surface area contributed by atoms with Crippen molar-refractivity contribution in [3.05, 3.63) is 52.4 Å². The van der Waals surface area contributed by atoms with Gasteiger partial charge in [-0.25, -0.2) is 4.68 Å². The molecular formula is C15H17ClN2O. The molecule has 0 N–H and O–H groups in total. The van der Waals surface area contributed by atoms with Gasteiger partial charge in [0.1, 0.15) is 0 Å². The van der Waals surface area contributed by atoms with Crippen LogP contribution in [0.1, 0.15) is 29.5 Å². The van der Waals surface area contributed by atoms with Crippen molar-refractivity contribution in [2.45, 2.75) is 27.2 Å². The summed E-state index contributed by atoms with van der Waals surface area (Å²) >= 11 is 6.03. The Morgan fingerprint density at radius 3 is 2.79 bits per heavy atom. The first-order valence-electron chi connectivity index (χ1n) is 6.29. The number of carbonyl (C=O) groups excluding carboxylic acids is 1. The minimum absolute atomic E-state index is 0.125. The summed E-state index contributed by atoms with van der Waals surface area (Å²) in [7, 11) is 0. The second kappa shape index (κ2) is 5.57. The first-order valence-corrected chi connectivity index (χ1v) is 6.67. The van der Waals surface area contributed by atoms with E-state index in [4.69, 9.17) is 11.6 Å². The second-order valence-corrected chi connectivity index (χ2v) is 5.35.